The molecule has 0 saturated carbocycles. The number of carbonyl (C=O) groups is 1. The van der Waals surface area contributed by atoms with E-state index in [0.717, 1.165) is 62.2 Å². The molecule has 0 aliphatic carbocycles. The van der Waals surface area contributed by atoms with Gasteiger partial charge in [-0.05, 0) is 62.9 Å². The summed E-state index contributed by atoms with van der Waals surface area (Å²) in [4.78, 5) is 11.7. The van der Waals surface area contributed by atoms with Crippen molar-refractivity contribution in [2.45, 2.75) is 96.0 Å². The van der Waals surface area contributed by atoms with Crippen molar-refractivity contribution < 1.29 is 41.6 Å². The molecule has 0 radical (unpaired) electrons. The lowest BCUT2D eigenvalue weighted by Crippen LogP contribution is -2.43. The highest BCUT2D eigenvalue weighted by atomic mass is 32.2. The largest absolute Gasteiger partial charge is 0.492 e. The number of amides is 1. The number of hydrogen-bond acceptors (Lipinski definition) is 9. The second kappa shape index (κ2) is 17.7. The zero-order valence-corrected chi connectivity index (χ0v) is 29.0. The Morgan fingerprint density at radius 1 is 0.891 bits per heavy atom. The fraction of sp³-hybridized carbons (Fsp3) is 0.618. The van der Waals surface area contributed by atoms with Gasteiger partial charge in [-0.1, -0.05) is 63.6 Å². The van der Waals surface area contributed by atoms with E-state index < -0.39 is 21.9 Å². The Hall–Kier alpha value is -3.06. The molecule has 0 spiro atoms. The SMILES string of the molecule is COCOc1ccc(C2(C)COc3cc(OCOC)ccc3C2CCCCCCCCCNS(=O)(=O)NC(=O)OC(C)(C)C)cc1. The van der Waals surface area contributed by atoms with Crippen molar-refractivity contribution in [2.75, 3.05) is 41.0 Å². The molecule has 258 valence electrons. The topological polar surface area (TPSA) is 131 Å². The molecule has 0 aromatic heterocycles. The molecule has 0 bridgehead atoms. The Kier molecular flexibility index (Phi) is 14.4. The van der Waals surface area contributed by atoms with Gasteiger partial charge in [0.05, 0.1) is 6.61 Å². The average Bonchev–Trinajstić information content (AvgIpc) is 2.99. The molecule has 1 heterocycles. The molecule has 2 unspecified atom stereocenters. The highest BCUT2D eigenvalue weighted by Crippen LogP contribution is 2.50. The lowest BCUT2D eigenvalue weighted by molar-refractivity contribution is 0.0505. The van der Waals surface area contributed by atoms with Crippen LogP contribution in [0.25, 0.3) is 0 Å². The summed E-state index contributed by atoms with van der Waals surface area (Å²) in [6.07, 6.45) is 6.99. The van der Waals surface area contributed by atoms with E-state index in [9.17, 15) is 13.2 Å². The summed E-state index contributed by atoms with van der Waals surface area (Å²) in [5, 5.41) is 0. The molecule has 2 N–H and O–H groups in total. The van der Waals surface area contributed by atoms with Crippen molar-refractivity contribution in [3.05, 3.63) is 53.6 Å². The minimum Gasteiger partial charge on any atom is -0.492 e. The van der Waals surface area contributed by atoms with E-state index in [1.54, 1.807) is 35.0 Å². The molecule has 1 amide bonds. The number of ether oxygens (including phenoxy) is 6. The van der Waals surface area contributed by atoms with Gasteiger partial charge in [0.2, 0.25) is 0 Å². The van der Waals surface area contributed by atoms with Gasteiger partial charge in [0.1, 0.15) is 22.8 Å². The van der Waals surface area contributed by atoms with Gasteiger partial charge < -0.3 is 28.4 Å². The monoisotopic (exact) mass is 664 g/mol. The first-order chi connectivity index (χ1) is 21.9. The van der Waals surface area contributed by atoms with Crippen molar-refractivity contribution in [2.24, 2.45) is 0 Å². The first-order valence-electron chi connectivity index (χ1n) is 16.0. The van der Waals surface area contributed by atoms with Crippen LogP contribution in [0.1, 0.15) is 96.1 Å². The second-order valence-electron chi connectivity index (χ2n) is 12.8. The first-order valence-corrected chi connectivity index (χ1v) is 17.5. The van der Waals surface area contributed by atoms with Gasteiger partial charge >= 0.3 is 16.3 Å². The average molecular weight is 665 g/mol. The molecule has 12 heteroatoms. The van der Waals surface area contributed by atoms with Gasteiger partial charge in [0.25, 0.3) is 0 Å². The van der Waals surface area contributed by atoms with Crippen LogP contribution >= 0.6 is 0 Å². The number of nitrogens with one attached hydrogen (secondary N) is 2. The van der Waals surface area contributed by atoms with Crippen LogP contribution in [0.5, 0.6) is 17.2 Å². The van der Waals surface area contributed by atoms with Gasteiger partial charge in [-0.15, -0.1) is 0 Å². The number of benzene rings is 2. The van der Waals surface area contributed by atoms with Gasteiger partial charge in [-0.25, -0.2) is 9.52 Å². The molecule has 0 saturated heterocycles. The van der Waals surface area contributed by atoms with Crippen LogP contribution in [0.15, 0.2) is 42.5 Å². The Morgan fingerprint density at radius 2 is 1.48 bits per heavy atom. The normalized spacial score (nSPS) is 17.9. The van der Waals surface area contributed by atoms with Crippen molar-refractivity contribution in [3.8, 4) is 17.2 Å². The lowest BCUT2D eigenvalue weighted by atomic mass is 9.66. The summed E-state index contributed by atoms with van der Waals surface area (Å²) in [5.41, 5.74) is 1.38. The van der Waals surface area contributed by atoms with E-state index in [-0.39, 0.29) is 31.5 Å². The molecule has 3 rings (SSSR count). The third-order valence-corrected chi connectivity index (χ3v) is 8.96. The van der Waals surface area contributed by atoms with Crippen LogP contribution in [-0.2, 0) is 29.8 Å². The van der Waals surface area contributed by atoms with Gasteiger partial charge in [-0.3, -0.25) is 0 Å². The summed E-state index contributed by atoms with van der Waals surface area (Å²) in [7, 11) is -0.739. The quantitative estimate of drug-likeness (QED) is 0.127. The molecule has 2 atom stereocenters. The van der Waals surface area contributed by atoms with Gasteiger partial charge in [-0.2, -0.15) is 13.1 Å². The number of methoxy groups -OCH3 is 2. The molecular formula is C34H52N2O9S. The van der Waals surface area contributed by atoms with Crippen LogP contribution in [0.2, 0.25) is 0 Å². The maximum Gasteiger partial charge on any atom is 0.422 e. The molecular weight excluding hydrogens is 612 g/mol. The van der Waals surface area contributed by atoms with E-state index in [4.69, 9.17) is 28.4 Å². The maximum atomic E-state index is 12.0. The van der Waals surface area contributed by atoms with Crippen molar-refractivity contribution in [1.82, 2.24) is 9.44 Å². The smallest absolute Gasteiger partial charge is 0.422 e. The van der Waals surface area contributed by atoms with E-state index in [0.29, 0.717) is 13.0 Å². The molecule has 46 heavy (non-hydrogen) atoms. The standard InChI is InChI=1S/C34H52N2O9S/c1-33(2,3)45-32(37)36-46(38,39)35-21-13-11-9-7-8-10-12-14-30-29-20-19-28(44-25-41-6)22-31(29)42-23-34(30,4)26-15-17-27(18-16-26)43-24-40-5/h15-20,22,30,35H,7-14,21,23-25H2,1-6H3,(H,36,37). The first kappa shape index (κ1) is 37.4. The third-order valence-electron chi connectivity index (χ3n) is 7.94. The maximum absolute atomic E-state index is 12.0. The van der Waals surface area contributed by atoms with Crippen LogP contribution in [0.3, 0.4) is 0 Å². The van der Waals surface area contributed by atoms with Crippen LogP contribution in [0.4, 0.5) is 4.79 Å². The fourth-order valence-corrected chi connectivity index (χ4v) is 6.39. The molecule has 11 nitrogen and oxygen atoms in total. The number of carbonyl (C=O) groups excluding carboxylic acids is 1. The second-order valence-corrected chi connectivity index (χ2v) is 14.3. The minimum atomic E-state index is -3.94. The summed E-state index contributed by atoms with van der Waals surface area (Å²) in [5.74, 6) is 2.58. The summed E-state index contributed by atoms with van der Waals surface area (Å²) >= 11 is 0. The predicted molar refractivity (Wildman–Crippen MR) is 177 cm³/mol. The minimum absolute atomic E-state index is 0.179. The summed E-state index contributed by atoms with van der Waals surface area (Å²) < 4.78 is 61.1. The molecule has 0 fully saturated rings. The van der Waals surface area contributed by atoms with Crippen molar-refractivity contribution >= 4 is 16.3 Å². The van der Waals surface area contributed by atoms with Gasteiger partial charge in [0.15, 0.2) is 13.6 Å². The number of fused-ring (bicyclic) bond motifs is 1. The van der Waals surface area contributed by atoms with E-state index in [1.165, 1.54) is 11.1 Å². The van der Waals surface area contributed by atoms with E-state index in [1.807, 2.05) is 29.0 Å². The zero-order chi connectivity index (χ0) is 33.6. The van der Waals surface area contributed by atoms with Crippen LogP contribution < -0.4 is 23.7 Å². The Balaban J connectivity index is 1.49. The predicted octanol–water partition coefficient (Wildman–Crippen LogP) is 6.57. The van der Waals surface area contributed by atoms with E-state index >= 15 is 0 Å². The molecule has 2 aromatic rings. The number of hydrogen-bond donors (Lipinski definition) is 2. The van der Waals surface area contributed by atoms with Gasteiger partial charge in [0, 0.05) is 38.2 Å². The molecule has 1 aliphatic heterocycles. The van der Waals surface area contributed by atoms with E-state index in [2.05, 4.69) is 29.8 Å². The number of rotatable bonds is 19. The van der Waals surface area contributed by atoms with Crippen LogP contribution in [-0.4, -0.2) is 61.1 Å². The van der Waals surface area contributed by atoms with Crippen molar-refractivity contribution in [3.63, 3.8) is 0 Å². The highest BCUT2D eigenvalue weighted by molar-refractivity contribution is 7.88. The Labute approximate surface area is 274 Å². The number of unbranched alkanes of at least 4 members (excludes halogenated alkanes) is 6. The third kappa shape index (κ3) is 11.9. The lowest BCUT2D eigenvalue weighted by Gasteiger charge is -2.43. The Bertz CT molecular complexity index is 1330. The summed E-state index contributed by atoms with van der Waals surface area (Å²) in [6.45, 7) is 8.48. The molecule has 1 aliphatic rings. The molecule has 2 aromatic carbocycles. The Morgan fingerprint density at radius 3 is 2.11 bits per heavy atom. The van der Waals surface area contributed by atoms with Crippen molar-refractivity contribution in [1.29, 1.82) is 0 Å². The fourth-order valence-electron chi connectivity index (χ4n) is 5.64. The van der Waals surface area contributed by atoms with Crippen LogP contribution in [0, 0.1) is 0 Å². The highest BCUT2D eigenvalue weighted by Gasteiger charge is 2.42. The summed E-state index contributed by atoms with van der Waals surface area (Å²) in [6, 6.07) is 14.3. The zero-order valence-electron chi connectivity index (χ0n) is 28.2.